The standard InChI is InChI=1S/C18H23BrN4O4S/c1-13-18(14(2)27-21-13)28(25,26)23-11-9-22(10-12-23)8-7-17(24)20-16-5-3-15(19)4-6-16/h3-6H,7-12H2,1-2H3,(H,20,24). The monoisotopic (exact) mass is 470 g/mol. The summed E-state index contributed by atoms with van der Waals surface area (Å²) in [6, 6.07) is 7.41. The highest BCUT2D eigenvalue weighted by Gasteiger charge is 2.33. The van der Waals surface area contributed by atoms with Crippen LogP contribution in [0.5, 0.6) is 0 Å². The van der Waals surface area contributed by atoms with E-state index < -0.39 is 10.0 Å². The van der Waals surface area contributed by atoms with Crippen LogP contribution in [0.4, 0.5) is 5.69 Å². The predicted octanol–water partition coefficient (Wildman–Crippen LogP) is 2.39. The highest BCUT2D eigenvalue weighted by Crippen LogP contribution is 2.24. The quantitative estimate of drug-likeness (QED) is 0.695. The van der Waals surface area contributed by atoms with Crippen molar-refractivity contribution >= 4 is 37.5 Å². The number of aromatic nitrogens is 1. The Labute approximate surface area is 173 Å². The number of anilines is 1. The van der Waals surface area contributed by atoms with Crippen molar-refractivity contribution in [3.63, 3.8) is 0 Å². The SMILES string of the molecule is Cc1noc(C)c1S(=O)(=O)N1CCN(CCC(=O)Nc2ccc(Br)cc2)CC1. The minimum atomic E-state index is -3.61. The third-order valence-corrected chi connectivity index (χ3v) is 7.35. The Morgan fingerprint density at radius 3 is 2.39 bits per heavy atom. The lowest BCUT2D eigenvalue weighted by Crippen LogP contribution is -2.49. The van der Waals surface area contributed by atoms with Crippen LogP contribution in [-0.4, -0.2) is 61.4 Å². The number of halogens is 1. The van der Waals surface area contributed by atoms with E-state index in [1.807, 2.05) is 24.3 Å². The number of hydrogen-bond acceptors (Lipinski definition) is 6. The highest BCUT2D eigenvalue weighted by molar-refractivity contribution is 9.10. The first kappa shape index (κ1) is 21.0. The molecule has 0 radical (unpaired) electrons. The molecule has 0 bridgehead atoms. The number of rotatable bonds is 6. The van der Waals surface area contributed by atoms with Crippen molar-refractivity contribution in [2.24, 2.45) is 0 Å². The van der Waals surface area contributed by atoms with Crippen molar-refractivity contribution in [2.45, 2.75) is 25.2 Å². The van der Waals surface area contributed by atoms with Crippen molar-refractivity contribution in [1.29, 1.82) is 0 Å². The summed E-state index contributed by atoms with van der Waals surface area (Å²) in [6.07, 6.45) is 0.354. The van der Waals surface area contributed by atoms with Gasteiger partial charge >= 0.3 is 0 Å². The van der Waals surface area contributed by atoms with Crippen molar-refractivity contribution in [3.8, 4) is 0 Å². The number of amides is 1. The van der Waals surface area contributed by atoms with Crippen molar-refractivity contribution in [1.82, 2.24) is 14.4 Å². The summed E-state index contributed by atoms with van der Waals surface area (Å²) < 4.78 is 33.1. The van der Waals surface area contributed by atoms with Crippen molar-refractivity contribution < 1.29 is 17.7 Å². The Bertz CT molecular complexity index is 915. The van der Waals surface area contributed by atoms with Crippen LogP contribution in [0.15, 0.2) is 38.2 Å². The summed E-state index contributed by atoms with van der Waals surface area (Å²) in [7, 11) is -3.61. The Morgan fingerprint density at radius 1 is 1.18 bits per heavy atom. The van der Waals surface area contributed by atoms with Crippen LogP contribution in [0.3, 0.4) is 0 Å². The zero-order valence-corrected chi connectivity index (χ0v) is 18.2. The number of carbonyl (C=O) groups excluding carboxylic acids is 1. The van der Waals surface area contributed by atoms with E-state index in [-0.39, 0.29) is 10.8 Å². The smallest absolute Gasteiger partial charge is 0.248 e. The molecule has 0 aliphatic carbocycles. The molecule has 0 atom stereocenters. The zero-order valence-electron chi connectivity index (χ0n) is 15.8. The molecule has 152 valence electrons. The second-order valence-electron chi connectivity index (χ2n) is 6.70. The molecule has 28 heavy (non-hydrogen) atoms. The number of carbonyl (C=O) groups is 1. The van der Waals surface area contributed by atoms with Gasteiger partial charge in [0, 0.05) is 49.3 Å². The molecular formula is C18H23BrN4O4S. The maximum atomic E-state index is 12.8. The third-order valence-electron chi connectivity index (χ3n) is 4.68. The molecule has 1 aromatic heterocycles. The second-order valence-corrected chi connectivity index (χ2v) is 9.49. The van der Waals surface area contributed by atoms with Gasteiger partial charge in [0.15, 0.2) is 5.76 Å². The molecule has 1 aliphatic heterocycles. The fourth-order valence-corrected chi connectivity index (χ4v) is 5.16. The van der Waals surface area contributed by atoms with E-state index in [0.29, 0.717) is 50.6 Å². The number of sulfonamides is 1. The van der Waals surface area contributed by atoms with Crippen LogP contribution in [0, 0.1) is 13.8 Å². The summed E-state index contributed by atoms with van der Waals surface area (Å²) in [5.41, 5.74) is 1.13. The molecule has 0 spiro atoms. The van der Waals surface area contributed by atoms with Crippen LogP contribution in [0.25, 0.3) is 0 Å². The Hall–Kier alpha value is -1.75. The van der Waals surface area contributed by atoms with Crippen LogP contribution in [-0.2, 0) is 14.8 Å². The van der Waals surface area contributed by atoms with Gasteiger partial charge in [-0.25, -0.2) is 8.42 Å². The Balaban J connectivity index is 1.49. The van der Waals surface area contributed by atoms with E-state index in [1.54, 1.807) is 13.8 Å². The first-order valence-electron chi connectivity index (χ1n) is 8.98. The van der Waals surface area contributed by atoms with Gasteiger partial charge in [0.05, 0.1) is 0 Å². The van der Waals surface area contributed by atoms with Gasteiger partial charge in [-0.1, -0.05) is 21.1 Å². The molecule has 1 N–H and O–H groups in total. The Kier molecular flexibility index (Phi) is 6.54. The molecule has 1 saturated heterocycles. The van der Waals surface area contributed by atoms with Gasteiger partial charge < -0.3 is 14.7 Å². The molecular weight excluding hydrogens is 448 g/mol. The lowest BCUT2D eigenvalue weighted by molar-refractivity contribution is -0.116. The molecule has 2 heterocycles. The summed E-state index contributed by atoms with van der Waals surface area (Å²) in [5.74, 6) is 0.248. The van der Waals surface area contributed by atoms with Gasteiger partial charge in [0.1, 0.15) is 10.6 Å². The number of benzene rings is 1. The van der Waals surface area contributed by atoms with Gasteiger partial charge in [0.2, 0.25) is 15.9 Å². The lowest BCUT2D eigenvalue weighted by Gasteiger charge is -2.33. The molecule has 0 saturated carbocycles. The molecule has 1 amide bonds. The predicted molar refractivity (Wildman–Crippen MR) is 109 cm³/mol. The van der Waals surface area contributed by atoms with Gasteiger partial charge in [-0.2, -0.15) is 4.31 Å². The van der Waals surface area contributed by atoms with Crippen molar-refractivity contribution in [2.75, 3.05) is 38.0 Å². The highest BCUT2D eigenvalue weighted by atomic mass is 79.9. The van der Waals surface area contributed by atoms with Gasteiger partial charge in [-0.05, 0) is 38.1 Å². The summed E-state index contributed by atoms with van der Waals surface area (Å²) in [6.45, 7) is 5.72. The minimum Gasteiger partial charge on any atom is -0.360 e. The molecule has 1 aromatic carbocycles. The zero-order chi connectivity index (χ0) is 20.3. The van der Waals surface area contributed by atoms with E-state index >= 15 is 0 Å². The van der Waals surface area contributed by atoms with Gasteiger partial charge in [-0.3, -0.25) is 4.79 Å². The number of piperazine rings is 1. The second kappa shape index (κ2) is 8.73. The first-order chi connectivity index (χ1) is 13.3. The first-order valence-corrected chi connectivity index (χ1v) is 11.2. The van der Waals surface area contributed by atoms with Crippen LogP contribution >= 0.6 is 15.9 Å². The molecule has 8 nitrogen and oxygen atoms in total. The average Bonchev–Trinajstić information content (AvgIpc) is 3.01. The number of aryl methyl sites for hydroxylation is 2. The molecule has 3 rings (SSSR count). The van der Waals surface area contributed by atoms with Crippen LogP contribution < -0.4 is 5.32 Å². The minimum absolute atomic E-state index is 0.0619. The third kappa shape index (κ3) is 4.80. The number of nitrogens with one attached hydrogen (secondary N) is 1. The Morgan fingerprint density at radius 2 is 1.82 bits per heavy atom. The molecule has 1 aliphatic rings. The van der Waals surface area contributed by atoms with E-state index in [2.05, 4.69) is 31.3 Å². The van der Waals surface area contributed by atoms with E-state index in [1.165, 1.54) is 4.31 Å². The van der Waals surface area contributed by atoms with E-state index in [0.717, 1.165) is 10.2 Å². The average molecular weight is 471 g/mol. The summed E-state index contributed by atoms with van der Waals surface area (Å²) in [5, 5.41) is 6.60. The van der Waals surface area contributed by atoms with Crippen LogP contribution in [0.1, 0.15) is 17.9 Å². The number of nitrogens with zero attached hydrogens (tertiary/aromatic N) is 3. The number of hydrogen-bond donors (Lipinski definition) is 1. The molecule has 0 unspecified atom stereocenters. The summed E-state index contributed by atoms with van der Waals surface area (Å²) >= 11 is 3.36. The van der Waals surface area contributed by atoms with Crippen molar-refractivity contribution in [3.05, 3.63) is 40.2 Å². The molecule has 10 heteroatoms. The maximum Gasteiger partial charge on any atom is 0.248 e. The molecule has 2 aromatic rings. The van der Waals surface area contributed by atoms with Gasteiger partial charge in [0.25, 0.3) is 0 Å². The topological polar surface area (TPSA) is 95.8 Å². The fourth-order valence-electron chi connectivity index (χ4n) is 3.18. The maximum absolute atomic E-state index is 12.8. The molecule has 1 fully saturated rings. The fraction of sp³-hybridized carbons (Fsp3) is 0.444. The van der Waals surface area contributed by atoms with Crippen LogP contribution in [0.2, 0.25) is 0 Å². The van der Waals surface area contributed by atoms with Gasteiger partial charge in [-0.15, -0.1) is 0 Å². The normalized spacial score (nSPS) is 16.2. The largest absolute Gasteiger partial charge is 0.360 e. The van der Waals surface area contributed by atoms with E-state index in [9.17, 15) is 13.2 Å². The summed E-state index contributed by atoms with van der Waals surface area (Å²) in [4.78, 5) is 14.4. The van der Waals surface area contributed by atoms with E-state index in [4.69, 9.17) is 4.52 Å². The lowest BCUT2D eigenvalue weighted by atomic mass is 10.3.